The SMILES string of the molecule is C=C(c1ccc(C)cc1)C(C)(C)CCC=O. The third-order valence-electron chi connectivity index (χ3n) is 3.10. The molecule has 1 aromatic rings. The maximum absolute atomic E-state index is 10.4. The molecule has 0 radical (unpaired) electrons. The maximum atomic E-state index is 10.4. The fraction of sp³-hybridized carbons (Fsp3) is 0.400. The molecule has 1 rings (SSSR count). The first-order valence-electron chi connectivity index (χ1n) is 5.67. The third-order valence-corrected chi connectivity index (χ3v) is 3.10. The van der Waals surface area contributed by atoms with Gasteiger partial charge in [-0.1, -0.05) is 50.3 Å². The van der Waals surface area contributed by atoms with Gasteiger partial charge in [0.1, 0.15) is 6.29 Å². The number of carbonyl (C=O) groups excluding carboxylic acids is 1. The largest absolute Gasteiger partial charge is 0.303 e. The van der Waals surface area contributed by atoms with Crippen LogP contribution in [0.4, 0.5) is 0 Å². The summed E-state index contributed by atoms with van der Waals surface area (Å²) < 4.78 is 0. The summed E-state index contributed by atoms with van der Waals surface area (Å²) in [5.74, 6) is 0. The summed E-state index contributed by atoms with van der Waals surface area (Å²) in [6.45, 7) is 10.5. The van der Waals surface area contributed by atoms with Crippen molar-refractivity contribution < 1.29 is 4.79 Å². The Morgan fingerprint density at radius 3 is 2.38 bits per heavy atom. The van der Waals surface area contributed by atoms with E-state index in [9.17, 15) is 4.79 Å². The molecule has 0 aliphatic heterocycles. The van der Waals surface area contributed by atoms with Gasteiger partial charge < -0.3 is 4.79 Å². The fourth-order valence-corrected chi connectivity index (χ4v) is 1.72. The van der Waals surface area contributed by atoms with E-state index in [1.165, 1.54) is 11.1 Å². The van der Waals surface area contributed by atoms with E-state index in [-0.39, 0.29) is 5.41 Å². The van der Waals surface area contributed by atoms with Gasteiger partial charge in [-0.05, 0) is 29.9 Å². The van der Waals surface area contributed by atoms with Gasteiger partial charge in [0.15, 0.2) is 0 Å². The van der Waals surface area contributed by atoms with Crippen LogP contribution in [-0.2, 0) is 4.79 Å². The molecule has 16 heavy (non-hydrogen) atoms. The smallest absolute Gasteiger partial charge is 0.120 e. The number of hydrogen-bond donors (Lipinski definition) is 0. The van der Waals surface area contributed by atoms with Gasteiger partial charge in [0, 0.05) is 6.42 Å². The molecule has 0 saturated carbocycles. The molecular formula is C15H20O. The van der Waals surface area contributed by atoms with Crippen molar-refractivity contribution >= 4 is 11.9 Å². The molecule has 86 valence electrons. The van der Waals surface area contributed by atoms with Gasteiger partial charge in [0.05, 0.1) is 0 Å². The summed E-state index contributed by atoms with van der Waals surface area (Å²) in [6, 6.07) is 8.38. The monoisotopic (exact) mass is 216 g/mol. The van der Waals surface area contributed by atoms with Crippen molar-refractivity contribution in [1.29, 1.82) is 0 Å². The summed E-state index contributed by atoms with van der Waals surface area (Å²) in [6.07, 6.45) is 2.42. The molecule has 1 heteroatoms. The zero-order valence-corrected chi connectivity index (χ0v) is 10.4. The number of benzene rings is 1. The summed E-state index contributed by atoms with van der Waals surface area (Å²) >= 11 is 0. The van der Waals surface area contributed by atoms with Gasteiger partial charge >= 0.3 is 0 Å². The molecule has 0 atom stereocenters. The number of rotatable bonds is 5. The predicted molar refractivity (Wildman–Crippen MR) is 69.3 cm³/mol. The van der Waals surface area contributed by atoms with E-state index in [1.54, 1.807) is 0 Å². The minimum atomic E-state index is -0.0177. The quantitative estimate of drug-likeness (QED) is 0.679. The first-order valence-corrected chi connectivity index (χ1v) is 5.67. The molecule has 0 amide bonds. The molecule has 0 aliphatic rings. The van der Waals surface area contributed by atoms with Crippen LogP contribution in [-0.4, -0.2) is 6.29 Å². The van der Waals surface area contributed by atoms with Gasteiger partial charge in [0.2, 0.25) is 0 Å². The summed E-state index contributed by atoms with van der Waals surface area (Å²) in [5, 5.41) is 0. The Morgan fingerprint density at radius 1 is 1.31 bits per heavy atom. The minimum Gasteiger partial charge on any atom is -0.303 e. The fourth-order valence-electron chi connectivity index (χ4n) is 1.72. The third kappa shape index (κ3) is 3.06. The Hall–Kier alpha value is -1.37. The Labute approximate surface area is 98.2 Å². The highest BCUT2D eigenvalue weighted by Gasteiger charge is 2.22. The first kappa shape index (κ1) is 12.7. The van der Waals surface area contributed by atoms with E-state index in [2.05, 4.69) is 51.6 Å². The summed E-state index contributed by atoms with van der Waals surface area (Å²) in [7, 11) is 0. The lowest BCUT2D eigenvalue weighted by Gasteiger charge is -2.27. The number of carbonyl (C=O) groups is 1. The molecule has 1 aromatic carbocycles. The molecule has 0 saturated heterocycles. The summed E-state index contributed by atoms with van der Waals surface area (Å²) in [4.78, 5) is 10.4. The lowest BCUT2D eigenvalue weighted by Crippen LogP contribution is -2.13. The average Bonchev–Trinajstić information content (AvgIpc) is 2.26. The van der Waals surface area contributed by atoms with Crippen LogP contribution in [0.15, 0.2) is 30.8 Å². The maximum Gasteiger partial charge on any atom is 0.120 e. The van der Waals surface area contributed by atoms with Crippen LogP contribution >= 0.6 is 0 Å². The molecule has 0 unspecified atom stereocenters. The lowest BCUT2D eigenvalue weighted by molar-refractivity contribution is -0.108. The minimum absolute atomic E-state index is 0.0177. The lowest BCUT2D eigenvalue weighted by atomic mass is 9.78. The van der Waals surface area contributed by atoms with Gasteiger partial charge in [0.25, 0.3) is 0 Å². The van der Waals surface area contributed by atoms with Gasteiger partial charge in [-0.2, -0.15) is 0 Å². The van der Waals surface area contributed by atoms with Gasteiger partial charge in [-0.15, -0.1) is 0 Å². The number of aryl methyl sites for hydroxylation is 1. The van der Waals surface area contributed by atoms with Gasteiger partial charge in [-0.25, -0.2) is 0 Å². The molecule has 0 fully saturated rings. The molecule has 0 aromatic heterocycles. The summed E-state index contributed by atoms with van der Waals surface area (Å²) in [5.41, 5.74) is 3.51. The zero-order chi connectivity index (χ0) is 12.2. The first-order chi connectivity index (χ1) is 7.47. The topological polar surface area (TPSA) is 17.1 Å². The van der Waals surface area contributed by atoms with Crippen molar-refractivity contribution in [3.8, 4) is 0 Å². The van der Waals surface area contributed by atoms with Gasteiger partial charge in [-0.3, -0.25) is 0 Å². The molecule has 0 N–H and O–H groups in total. The zero-order valence-electron chi connectivity index (χ0n) is 10.4. The van der Waals surface area contributed by atoms with Crippen LogP contribution in [0.3, 0.4) is 0 Å². The Morgan fingerprint density at radius 2 is 1.88 bits per heavy atom. The van der Waals surface area contributed by atoms with E-state index < -0.39 is 0 Å². The van der Waals surface area contributed by atoms with Crippen LogP contribution in [0.1, 0.15) is 37.8 Å². The molecule has 0 bridgehead atoms. The molecular weight excluding hydrogens is 196 g/mol. The van der Waals surface area contributed by atoms with Crippen molar-refractivity contribution in [2.24, 2.45) is 5.41 Å². The van der Waals surface area contributed by atoms with E-state index >= 15 is 0 Å². The second-order valence-electron chi connectivity index (χ2n) is 4.93. The molecule has 0 aliphatic carbocycles. The van der Waals surface area contributed by atoms with E-state index in [0.717, 1.165) is 18.3 Å². The van der Waals surface area contributed by atoms with Crippen molar-refractivity contribution in [3.63, 3.8) is 0 Å². The van der Waals surface area contributed by atoms with Crippen LogP contribution in [0.2, 0.25) is 0 Å². The molecule has 0 spiro atoms. The second-order valence-corrected chi connectivity index (χ2v) is 4.93. The van der Waals surface area contributed by atoms with Crippen molar-refractivity contribution in [2.45, 2.75) is 33.6 Å². The highest BCUT2D eigenvalue weighted by Crippen LogP contribution is 2.36. The van der Waals surface area contributed by atoms with Crippen LogP contribution in [0.5, 0.6) is 0 Å². The highest BCUT2D eigenvalue weighted by molar-refractivity contribution is 5.68. The Kier molecular flexibility index (Phi) is 4.05. The Balaban J connectivity index is 2.84. The van der Waals surface area contributed by atoms with Crippen LogP contribution in [0, 0.1) is 12.3 Å². The number of hydrogen-bond acceptors (Lipinski definition) is 1. The number of aldehydes is 1. The van der Waals surface area contributed by atoms with E-state index in [1.807, 2.05) is 0 Å². The van der Waals surface area contributed by atoms with Crippen LogP contribution < -0.4 is 0 Å². The van der Waals surface area contributed by atoms with E-state index in [4.69, 9.17) is 0 Å². The van der Waals surface area contributed by atoms with E-state index in [0.29, 0.717) is 6.42 Å². The molecule has 1 nitrogen and oxygen atoms in total. The van der Waals surface area contributed by atoms with Crippen molar-refractivity contribution in [2.75, 3.05) is 0 Å². The molecule has 0 heterocycles. The standard InChI is InChI=1S/C15H20O/c1-12-6-8-14(9-7-12)13(2)15(3,4)10-5-11-16/h6-9,11H,2,5,10H2,1,3-4H3. The van der Waals surface area contributed by atoms with Crippen molar-refractivity contribution in [3.05, 3.63) is 42.0 Å². The normalized spacial score (nSPS) is 11.2. The average molecular weight is 216 g/mol. The highest BCUT2D eigenvalue weighted by atomic mass is 16.1. The second kappa shape index (κ2) is 5.11. The van der Waals surface area contributed by atoms with Crippen molar-refractivity contribution in [1.82, 2.24) is 0 Å². The number of allylic oxidation sites excluding steroid dienone is 1. The van der Waals surface area contributed by atoms with Crippen LogP contribution in [0.25, 0.3) is 5.57 Å². The Bertz CT molecular complexity index is 371. The predicted octanol–water partition coefficient (Wildman–Crippen LogP) is 4.01.